The van der Waals surface area contributed by atoms with Crippen molar-refractivity contribution < 1.29 is 22.3 Å². The summed E-state index contributed by atoms with van der Waals surface area (Å²) in [6, 6.07) is 13.2. The largest absolute Gasteiger partial charge is 0.491 e. The molecule has 1 aliphatic heterocycles. The van der Waals surface area contributed by atoms with Crippen molar-refractivity contribution in [2.45, 2.75) is 44.1 Å². The predicted octanol–water partition coefficient (Wildman–Crippen LogP) is 3.37. The van der Waals surface area contributed by atoms with Gasteiger partial charge in [0.25, 0.3) is 0 Å². The Morgan fingerprint density at radius 3 is 2.39 bits per heavy atom. The third-order valence-corrected chi connectivity index (χ3v) is 7.22. The number of halogens is 1. The molecule has 1 heterocycles. The smallest absolute Gasteiger partial charge is 0.245 e. The van der Waals surface area contributed by atoms with Crippen LogP contribution < -0.4 is 10.1 Å². The number of carbonyl (C=O) groups is 1. The molecule has 1 N–H and O–H groups in total. The number of rotatable bonds is 8. The van der Waals surface area contributed by atoms with Crippen LogP contribution in [0.1, 0.15) is 32.3 Å². The molecule has 0 aromatic heterocycles. The zero-order chi connectivity index (χ0) is 22.4. The summed E-state index contributed by atoms with van der Waals surface area (Å²) in [7, 11) is -3.89. The lowest BCUT2D eigenvalue weighted by molar-refractivity contribution is -0.126. The van der Waals surface area contributed by atoms with Gasteiger partial charge in [0.05, 0.1) is 6.10 Å². The Hall–Kier alpha value is -2.45. The first-order valence-corrected chi connectivity index (χ1v) is 12.0. The molecule has 1 fully saturated rings. The summed E-state index contributed by atoms with van der Waals surface area (Å²) < 4.78 is 46.2. The molecule has 2 aromatic carbocycles. The molecule has 1 aliphatic rings. The summed E-state index contributed by atoms with van der Waals surface area (Å²) in [4.78, 5) is 12.2. The van der Waals surface area contributed by atoms with Gasteiger partial charge in [0.1, 0.15) is 16.5 Å². The number of hydrogen-bond donors (Lipinski definition) is 1. The van der Waals surface area contributed by atoms with E-state index in [1.807, 2.05) is 38.1 Å². The summed E-state index contributed by atoms with van der Waals surface area (Å²) in [5.41, 5.74) is 1.10. The minimum Gasteiger partial charge on any atom is -0.491 e. The normalized spacial score (nSPS) is 15.7. The highest BCUT2D eigenvalue weighted by atomic mass is 32.2. The maximum absolute atomic E-state index is 13.9. The molecule has 1 saturated heterocycles. The van der Waals surface area contributed by atoms with Crippen molar-refractivity contribution in [3.8, 4) is 5.75 Å². The van der Waals surface area contributed by atoms with Crippen molar-refractivity contribution in [1.82, 2.24) is 9.62 Å². The molecule has 6 nitrogen and oxygen atoms in total. The van der Waals surface area contributed by atoms with E-state index in [1.165, 1.54) is 22.5 Å². The molecule has 31 heavy (non-hydrogen) atoms. The van der Waals surface area contributed by atoms with E-state index in [2.05, 4.69) is 5.32 Å². The zero-order valence-electron chi connectivity index (χ0n) is 17.9. The lowest BCUT2D eigenvalue weighted by atomic mass is 9.97. The number of piperidine rings is 1. The lowest BCUT2D eigenvalue weighted by Gasteiger charge is -2.30. The maximum atomic E-state index is 13.9. The Balaban J connectivity index is 1.45. The van der Waals surface area contributed by atoms with Crippen LogP contribution in [0, 0.1) is 11.7 Å². The molecule has 0 spiro atoms. The number of nitrogens with one attached hydrogen (secondary N) is 1. The van der Waals surface area contributed by atoms with Crippen LogP contribution in [0.25, 0.3) is 0 Å². The van der Waals surface area contributed by atoms with Crippen LogP contribution >= 0.6 is 0 Å². The van der Waals surface area contributed by atoms with Gasteiger partial charge in [-0.1, -0.05) is 24.3 Å². The second kappa shape index (κ2) is 10.2. The SMILES string of the molecule is CC(C)Oc1ccc(CCNC(=O)C2CCN(S(=O)(=O)c3ccccc3F)CC2)cc1. The summed E-state index contributed by atoms with van der Waals surface area (Å²) in [5, 5.41) is 2.94. The first kappa shape index (κ1) is 23.2. The van der Waals surface area contributed by atoms with Gasteiger partial charge in [-0.2, -0.15) is 4.31 Å². The minimum atomic E-state index is -3.89. The van der Waals surface area contributed by atoms with Crippen LogP contribution in [0.5, 0.6) is 5.75 Å². The first-order chi connectivity index (χ1) is 14.8. The first-order valence-electron chi connectivity index (χ1n) is 10.6. The van der Waals surface area contributed by atoms with E-state index < -0.39 is 15.8 Å². The van der Waals surface area contributed by atoms with E-state index in [1.54, 1.807) is 0 Å². The fourth-order valence-electron chi connectivity index (χ4n) is 3.63. The molecule has 2 aromatic rings. The Morgan fingerprint density at radius 2 is 1.77 bits per heavy atom. The highest BCUT2D eigenvalue weighted by Gasteiger charge is 2.33. The second-order valence-corrected chi connectivity index (χ2v) is 9.87. The topological polar surface area (TPSA) is 75.7 Å². The number of hydrogen-bond acceptors (Lipinski definition) is 4. The van der Waals surface area contributed by atoms with Gasteiger partial charge in [-0.05, 0) is 62.9 Å². The maximum Gasteiger partial charge on any atom is 0.245 e. The third-order valence-electron chi connectivity index (χ3n) is 5.29. The van der Waals surface area contributed by atoms with E-state index in [4.69, 9.17) is 4.74 Å². The van der Waals surface area contributed by atoms with Gasteiger partial charge in [0.15, 0.2) is 0 Å². The average Bonchev–Trinajstić information content (AvgIpc) is 2.75. The van der Waals surface area contributed by atoms with Crippen LogP contribution in [0.3, 0.4) is 0 Å². The van der Waals surface area contributed by atoms with Crippen molar-refractivity contribution >= 4 is 15.9 Å². The van der Waals surface area contributed by atoms with E-state index in [0.717, 1.165) is 17.4 Å². The number of amides is 1. The van der Waals surface area contributed by atoms with Gasteiger partial charge < -0.3 is 10.1 Å². The molecule has 8 heteroatoms. The molecule has 0 atom stereocenters. The Kier molecular flexibility index (Phi) is 7.67. The quantitative estimate of drug-likeness (QED) is 0.672. The molecule has 0 aliphatic carbocycles. The van der Waals surface area contributed by atoms with Crippen molar-refractivity contribution in [3.63, 3.8) is 0 Å². The van der Waals surface area contributed by atoms with Gasteiger partial charge >= 0.3 is 0 Å². The van der Waals surface area contributed by atoms with Crippen LogP contribution in [0.4, 0.5) is 4.39 Å². The molecule has 3 rings (SSSR count). The van der Waals surface area contributed by atoms with Crippen molar-refractivity contribution in [1.29, 1.82) is 0 Å². The van der Waals surface area contributed by atoms with E-state index in [0.29, 0.717) is 25.8 Å². The number of benzene rings is 2. The van der Waals surface area contributed by atoms with Crippen molar-refractivity contribution in [3.05, 3.63) is 59.9 Å². The fraction of sp³-hybridized carbons (Fsp3) is 0.435. The van der Waals surface area contributed by atoms with Gasteiger partial charge in [0, 0.05) is 25.6 Å². The Bertz CT molecular complexity index is 985. The van der Waals surface area contributed by atoms with Crippen molar-refractivity contribution in [2.24, 2.45) is 5.92 Å². The van der Waals surface area contributed by atoms with E-state index >= 15 is 0 Å². The highest BCUT2D eigenvalue weighted by Crippen LogP contribution is 2.25. The van der Waals surface area contributed by atoms with Gasteiger partial charge in [0.2, 0.25) is 15.9 Å². The average molecular weight is 449 g/mol. The minimum absolute atomic E-state index is 0.0669. The molecule has 1 amide bonds. The van der Waals surface area contributed by atoms with Crippen LogP contribution in [0.2, 0.25) is 0 Å². The molecular weight excluding hydrogens is 419 g/mol. The molecule has 168 valence electrons. The summed E-state index contributed by atoms with van der Waals surface area (Å²) in [5.74, 6) is -0.248. The fourth-order valence-corrected chi connectivity index (χ4v) is 5.17. The van der Waals surface area contributed by atoms with E-state index in [-0.39, 0.29) is 35.9 Å². The van der Waals surface area contributed by atoms with Gasteiger partial charge in [-0.25, -0.2) is 12.8 Å². The summed E-state index contributed by atoms with van der Waals surface area (Å²) in [6.07, 6.45) is 1.66. The number of sulfonamides is 1. The summed E-state index contributed by atoms with van der Waals surface area (Å²) >= 11 is 0. The number of ether oxygens (including phenoxy) is 1. The molecule has 0 unspecified atom stereocenters. The van der Waals surface area contributed by atoms with Crippen LogP contribution in [-0.2, 0) is 21.2 Å². The number of nitrogens with zero attached hydrogens (tertiary/aromatic N) is 1. The van der Waals surface area contributed by atoms with Crippen LogP contribution in [-0.4, -0.2) is 44.4 Å². The molecule has 0 bridgehead atoms. The zero-order valence-corrected chi connectivity index (χ0v) is 18.7. The Labute approximate surface area is 183 Å². The van der Waals surface area contributed by atoms with Crippen LogP contribution in [0.15, 0.2) is 53.4 Å². The molecule has 0 saturated carbocycles. The lowest BCUT2D eigenvalue weighted by Crippen LogP contribution is -2.43. The van der Waals surface area contributed by atoms with E-state index in [9.17, 15) is 17.6 Å². The monoisotopic (exact) mass is 448 g/mol. The number of carbonyl (C=O) groups excluding carboxylic acids is 1. The van der Waals surface area contributed by atoms with Gasteiger partial charge in [-0.15, -0.1) is 0 Å². The highest BCUT2D eigenvalue weighted by molar-refractivity contribution is 7.89. The predicted molar refractivity (Wildman–Crippen MR) is 117 cm³/mol. The molecular formula is C23H29FN2O4S. The molecule has 0 radical (unpaired) electrons. The Morgan fingerprint density at radius 1 is 1.13 bits per heavy atom. The summed E-state index contributed by atoms with van der Waals surface area (Å²) in [6.45, 7) is 4.86. The van der Waals surface area contributed by atoms with Crippen molar-refractivity contribution in [2.75, 3.05) is 19.6 Å². The van der Waals surface area contributed by atoms with Gasteiger partial charge in [-0.3, -0.25) is 4.79 Å². The second-order valence-electron chi connectivity index (χ2n) is 7.96. The standard InChI is InChI=1S/C23H29FN2O4S/c1-17(2)30-20-9-7-18(8-10-20)11-14-25-23(27)19-12-15-26(16-13-19)31(28,29)22-6-4-3-5-21(22)24/h3-10,17,19H,11-16H2,1-2H3,(H,25,27). The third kappa shape index (κ3) is 6.04.